The molecular formula is C5H6NO. The molecule has 0 aliphatic carbocycles. The Balaban J connectivity index is 2.38. The molecule has 0 bridgehead atoms. The Bertz CT molecular complexity index is 84.3. The summed E-state index contributed by atoms with van der Waals surface area (Å²) in [5.74, 6) is 0. The summed E-state index contributed by atoms with van der Waals surface area (Å²) in [6, 6.07) is 0. The lowest BCUT2D eigenvalue weighted by Gasteiger charge is -1.77. The monoisotopic (exact) mass is 96.0 g/mol. The first-order valence-electron chi connectivity index (χ1n) is 2.23. The van der Waals surface area contributed by atoms with Gasteiger partial charge in [0.1, 0.15) is 6.26 Å². The second-order valence-electron chi connectivity index (χ2n) is 1.25. The normalized spacial score (nSPS) is 18.3. The Labute approximate surface area is 42.5 Å². The molecule has 0 spiro atoms. The van der Waals surface area contributed by atoms with Gasteiger partial charge in [-0.3, -0.25) is 0 Å². The molecule has 0 aromatic heterocycles. The molecule has 1 radical (unpaired) electrons. The third-order valence-electron chi connectivity index (χ3n) is 0.689. The van der Waals surface area contributed by atoms with Crippen LogP contribution in [0.15, 0.2) is 11.4 Å². The third-order valence-corrected chi connectivity index (χ3v) is 0.689. The number of rotatable bonds is 0. The van der Waals surface area contributed by atoms with Crippen molar-refractivity contribution < 1.29 is 4.84 Å². The molecule has 1 aliphatic rings. The molecule has 0 aromatic carbocycles. The molecule has 0 aromatic rings. The van der Waals surface area contributed by atoms with Crippen LogP contribution in [0.4, 0.5) is 0 Å². The SMILES string of the molecule is [C]1=CON=CCC1. The molecule has 2 nitrogen and oxygen atoms in total. The van der Waals surface area contributed by atoms with E-state index in [9.17, 15) is 0 Å². The molecule has 37 valence electrons. The average molecular weight is 96.1 g/mol. The van der Waals surface area contributed by atoms with Crippen LogP contribution in [-0.4, -0.2) is 6.21 Å². The van der Waals surface area contributed by atoms with Gasteiger partial charge in [0.05, 0.1) is 0 Å². The molecule has 0 N–H and O–H groups in total. The van der Waals surface area contributed by atoms with Gasteiger partial charge in [-0.15, -0.1) is 0 Å². The Morgan fingerprint density at radius 2 is 2.71 bits per heavy atom. The number of oxime groups is 1. The molecule has 0 unspecified atom stereocenters. The smallest absolute Gasteiger partial charge is 0.125 e. The fourth-order valence-electron chi connectivity index (χ4n) is 0.370. The van der Waals surface area contributed by atoms with E-state index in [-0.39, 0.29) is 0 Å². The molecule has 0 atom stereocenters. The summed E-state index contributed by atoms with van der Waals surface area (Å²) in [6.45, 7) is 0. The van der Waals surface area contributed by atoms with Gasteiger partial charge in [-0.05, 0) is 18.9 Å². The summed E-state index contributed by atoms with van der Waals surface area (Å²) < 4.78 is 0. The lowest BCUT2D eigenvalue weighted by atomic mass is 10.3. The predicted molar refractivity (Wildman–Crippen MR) is 26.6 cm³/mol. The first kappa shape index (κ1) is 4.37. The minimum absolute atomic E-state index is 0.920. The minimum Gasteiger partial charge on any atom is -0.365 e. The zero-order chi connectivity index (χ0) is 4.95. The Hall–Kier alpha value is -0.790. The number of nitrogens with zero attached hydrogens (tertiary/aromatic N) is 1. The van der Waals surface area contributed by atoms with E-state index >= 15 is 0 Å². The van der Waals surface area contributed by atoms with Gasteiger partial charge >= 0.3 is 0 Å². The van der Waals surface area contributed by atoms with Gasteiger partial charge in [0.2, 0.25) is 0 Å². The van der Waals surface area contributed by atoms with Crippen LogP contribution in [0.1, 0.15) is 12.8 Å². The van der Waals surface area contributed by atoms with E-state index in [0.717, 1.165) is 12.8 Å². The maximum atomic E-state index is 4.53. The van der Waals surface area contributed by atoms with E-state index in [1.165, 1.54) is 6.26 Å². The Morgan fingerprint density at radius 1 is 1.71 bits per heavy atom. The van der Waals surface area contributed by atoms with Gasteiger partial charge in [0.25, 0.3) is 0 Å². The van der Waals surface area contributed by atoms with E-state index in [1.54, 1.807) is 6.21 Å². The fourth-order valence-corrected chi connectivity index (χ4v) is 0.370. The van der Waals surface area contributed by atoms with Crippen LogP contribution in [0.3, 0.4) is 0 Å². The van der Waals surface area contributed by atoms with Gasteiger partial charge in [0.15, 0.2) is 0 Å². The highest BCUT2D eigenvalue weighted by atomic mass is 16.6. The van der Waals surface area contributed by atoms with Crippen molar-refractivity contribution >= 4 is 6.21 Å². The number of hydrogen-bond donors (Lipinski definition) is 0. The quantitative estimate of drug-likeness (QED) is 0.442. The molecule has 0 saturated carbocycles. The lowest BCUT2D eigenvalue weighted by Crippen LogP contribution is -1.67. The van der Waals surface area contributed by atoms with Gasteiger partial charge in [0, 0.05) is 6.21 Å². The van der Waals surface area contributed by atoms with Crippen molar-refractivity contribution in [2.24, 2.45) is 5.16 Å². The van der Waals surface area contributed by atoms with E-state index in [4.69, 9.17) is 0 Å². The summed E-state index contributed by atoms with van der Waals surface area (Å²) in [6.07, 6.45) is 7.94. The average Bonchev–Trinajstić information content (AvgIpc) is 1.90. The highest BCUT2D eigenvalue weighted by Crippen LogP contribution is 1.92. The summed E-state index contributed by atoms with van der Waals surface area (Å²) in [4.78, 5) is 4.53. The molecule has 0 amide bonds. The van der Waals surface area contributed by atoms with Gasteiger partial charge < -0.3 is 4.84 Å². The van der Waals surface area contributed by atoms with Crippen molar-refractivity contribution in [2.75, 3.05) is 0 Å². The third kappa shape index (κ3) is 1.39. The van der Waals surface area contributed by atoms with Crippen molar-refractivity contribution in [3.8, 4) is 0 Å². The summed E-state index contributed by atoms with van der Waals surface area (Å²) >= 11 is 0. The van der Waals surface area contributed by atoms with E-state index in [2.05, 4.69) is 16.1 Å². The molecule has 7 heavy (non-hydrogen) atoms. The van der Waals surface area contributed by atoms with Crippen LogP contribution in [0.25, 0.3) is 0 Å². The van der Waals surface area contributed by atoms with Gasteiger partial charge in [-0.25, -0.2) is 0 Å². The lowest BCUT2D eigenvalue weighted by molar-refractivity contribution is 0.269. The van der Waals surface area contributed by atoms with Crippen molar-refractivity contribution in [3.05, 3.63) is 12.3 Å². The van der Waals surface area contributed by atoms with Crippen LogP contribution in [0.2, 0.25) is 0 Å². The number of hydrogen-bond acceptors (Lipinski definition) is 2. The number of allylic oxidation sites excluding steroid dienone is 1. The van der Waals surface area contributed by atoms with Crippen LogP contribution in [-0.2, 0) is 4.84 Å². The van der Waals surface area contributed by atoms with E-state index in [1.807, 2.05) is 0 Å². The second-order valence-corrected chi connectivity index (χ2v) is 1.25. The highest BCUT2D eigenvalue weighted by molar-refractivity contribution is 5.56. The van der Waals surface area contributed by atoms with Crippen LogP contribution < -0.4 is 0 Å². The zero-order valence-corrected chi connectivity index (χ0v) is 3.92. The topological polar surface area (TPSA) is 21.6 Å². The van der Waals surface area contributed by atoms with Crippen LogP contribution in [0, 0.1) is 6.08 Å². The van der Waals surface area contributed by atoms with Gasteiger partial charge in [-0.1, -0.05) is 5.16 Å². The Kier molecular flexibility index (Phi) is 1.50. The van der Waals surface area contributed by atoms with Crippen molar-refractivity contribution in [1.82, 2.24) is 0 Å². The first-order valence-corrected chi connectivity index (χ1v) is 2.23. The van der Waals surface area contributed by atoms with E-state index in [0.29, 0.717) is 0 Å². The van der Waals surface area contributed by atoms with Crippen molar-refractivity contribution in [2.45, 2.75) is 12.8 Å². The predicted octanol–water partition coefficient (Wildman–Crippen LogP) is 1.10. The highest BCUT2D eigenvalue weighted by Gasteiger charge is 1.81. The maximum Gasteiger partial charge on any atom is 0.125 e. The molecule has 1 rings (SSSR count). The fraction of sp³-hybridized carbons (Fsp3) is 0.400. The Morgan fingerprint density at radius 3 is 3.71 bits per heavy atom. The molecular weight excluding hydrogens is 90.1 g/mol. The molecule has 0 fully saturated rings. The minimum atomic E-state index is 0.920. The largest absolute Gasteiger partial charge is 0.365 e. The van der Waals surface area contributed by atoms with Crippen LogP contribution in [0.5, 0.6) is 0 Å². The van der Waals surface area contributed by atoms with Gasteiger partial charge in [-0.2, -0.15) is 0 Å². The standard InChI is InChI=1S/C5H6NO/c1-2-4-6-7-5-3-1/h4-5H,1-2H2. The van der Waals surface area contributed by atoms with Crippen molar-refractivity contribution in [3.63, 3.8) is 0 Å². The summed E-state index contributed by atoms with van der Waals surface area (Å²) in [5, 5.41) is 3.53. The summed E-state index contributed by atoms with van der Waals surface area (Å²) in [7, 11) is 0. The molecule has 2 heteroatoms. The van der Waals surface area contributed by atoms with Crippen molar-refractivity contribution in [1.29, 1.82) is 0 Å². The van der Waals surface area contributed by atoms with Crippen LogP contribution >= 0.6 is 0 Å². The molecule has 0 saturated heterocycles. The molecule has 1 heterocycles. The van der Waals surface area contributed by atoms with E-state index < -0.39 is 0 Å². The second kappa shape index (κ2) is 2.39. The molecule has 1 aliphatic heterocycles. The first-order chi connectivity index (χ1) is 3.50. The zero-order valence-electron chi connectivity index (χ0n) is 3.92. The maximum absolute atomic E-state index is 4.53. The summed E-state index contributed by atoms with van der Waals surface area (Å²) in [5.41, 5.74) is 0.